The number of carbonyl (C=O) groups is 1. The molecule has 5 nitrogen and oxygen atoms in total. The highest BCUT2D eigenvalue weighted by Gasteiger charge is 2.45. The summed E-state index contributed by atoms with van der Waals surface area (Å²) in [5.41, 5.74) is 1.59. The molecular weight excluding hydrogens is 314 g/mol. The smallest absolute Gasteiger partial charge is 0.241 e. The molecule has 2 fully saturated rings. The van der Waals surface area contributed by atoms with Gasteiger partial charge in [0.15, 0.2) is 0 Å². The topological polar surface area (TPSA) is 54.5 Å². The predicted octanol–water partition coefficient (Wildman–Crippen LogP) is 2.99. The quantitative estimate of drug-likeness (QED) is 0.891. The Hall–Kier alpha value is -1.46. The van der Waals surface area contributed by atoms with Crippen LogP contribution in [0.4, 0.5) is 0 Å². The minimum absolute atomic E-state index is 0.0211. The van der Waals surface area contributed by atoms with E-state index in [1.54, 1.807) is 0 Å². The summed E-state index contributed by atoms with van der Waals surface area (Å²) < 4.78 is 5.52. The van der Waals surface area contributed by atoms with Crippen LogP contribution in [0.1, 0.15) is 62.9 Å². The molecule has 1 N–H and O–H groups in total. The summed E-state index contributed by atoms with van der Waals surface area (Å²) in [5.74, 6) is 0.184. The normalized spacial score (nSPS) is 22.3. The number of pyridine rings is 1. The maximum absolute atomic E-state index is 13.4. The molecule has 3 rings (SSSR count). The highest BCUT2D eigenvalue weighted by Crippen LogP contribution is 2.35. The van der Waals surface area contributed by atoms with E-state index in [0.29, 0.717) is 0 Å². The molecule has 1 aromatic rings. The van der Waals surface area contributed by atoms with E-state index in [1.165, 1.54) is 6.42 Å². The van der Waals surface area contributed by atoms with Gasteiger partial charge < -0.3 is 10.1 Å². The van der Waals surface area contributed by atoms with Gasteiger partial charge in [-0.25, -0.2) is 0 Å². The van der Waals surface area contributed by atoms with Crippen LogP contribution in [0.15, 0.2) is 18.2 Å². The SMILES string of the molecule is CCC(NC(=O)C1(N2CCOCC2)CCCCC1)c1cccc(C)n1. The number of nitrogens with zero attached hydrogens (tertiary/aromatic N) is 2. The lowest BCUT2D eigenvalue weighted by molar-refractivity contribution is -0.141. The van der Waals surface area contributed by atoms with Crippen LogP contribution in [-0.4, -0.2) is 47.6 Å². The molecule has 0 radical (unpaired) electrons. The molecule has 0 bridgehead atoms. The first kappa shape index (κ1) is 18.3. The van der Waals surface area contributed by atoms with Gasteiger partial charge in [0.2, 0.25) is 5.91 Å². The molecule has 1 atom stereocenters. The van der Waals surface area contributed by atoms with Crippen LogP contribution < -0.4 is 5.32 Å². The molecule has 1 amide bonds. The Bertz CT molecular complexity index is 578. The first-order chi connectivity index (χ1) is 12.2. The van der Waals surface area contributed by atoms with Gasteiger partial charge in [0.1, 0.15) is 5.54 Å². The third-order valence-corrected chi connectivity index (χ3v) is 5.70. The highest BCUT2D eigenvalue weighted by molar-refractivity contribution is 5.86. The van der Waals surface area contributed by atoms with E-state index in [0.717, 1.165) is 69.8 Å². The van der Waals surface area contributed by atoms with Gasteiger partial charge in [-0.15, -0.1) is 0 Å². The van der Waals surface area contributed by atoms with Crippen molar-refractivity contribution in [3.63, 3.8) is 0 Å². The molecule has 1 saturated carbocycles. The zero-order chi connectivity index (χ0) is 17.7. The van der Waals surface area contributed by atoms with Crippen molar-refractivity contribution in [2.45, 2.75) is 64.0 Å². The number of morpholine rings is 1. The molecule has 0 aromatic carbocycles. The van der Waals surface area contributed by atoms with Gasteiger partial charge >= 0.3 is 0 Å². The minimum atomic E-state index is -0.362. The zero-order valence-electron chi connectivity index (χ0n) is 15.6. The van der Waals surface area contributed by atoms with E-state index < -0.39 is 0 Å². The van der Waals surface area contributed by atoms with E-state index in [-0.39, 0.29) is 17.5 Å². The number of amides is 1. The number of hydrogen-bond donors (Lipinski definition) is 1. The number of nitrogens with one attached hydrogen (secondary N) is 1. The third-order valence-electron chi connectivity index (χ3n) is 5.70. The summed E-state index contributed by atoms with van der Waals surface area (Å²) in [7, 11) is 0. The van der Waals surface area contributed by atoms with E-state index in [4.69, 9.17) is 4.74 Å². The second-order valence-electron chi connectivity index (χ2n) is 7.33. The molecule has 1 saturated heterocycles. The summed E-state index contributed by atoms with van der Waals surface area (Å²) in [6.45, 7) is 7.27. The largest absolute Gasteiger partial charge is 0.379 e. The Morgan fingerprint density at radius 1 is 1.28 bits per heavy atom. The fourth-order valence-electron chi connectivity index (χ4n) is 4.25. The molecule has 25 heavy (non-hydrogen) atoms. The molecule has 1 aliphatic carbocycles. The third kappa shape index (κ3) is 4.04. The Balaban J connectivity index is 1.79. The van der Waals surface area contributed by atoms with Crippen molar-refractivity contribution in [3.05, 3.63) is 29.6 Å². The van der Waals surface area contributed by atoms with Gasteiger partial charge in [-0.1, -0.05) is 32.3 Å². The summed E-state index contributed by atoms with van der Waals surface area (Å²) in [4.78, 5) is 20.4. The molecule has 1 aromatic heterocycles. The fraction of sp³-hybridized carbons (Fsp3) is 0.700. The second kappa shape index (κ2) is 8.28. The Morgan fingerprint density at radius 2 is 2.00 bits per heavy atom. The van der Waals surface area contributed by atoms with Crippen LogP contribution in [0.5, 0.6) is 0 Å². The van der Waals surface area contributed by atoms with E-state index >= 15 is 0 Å². The number of aromatic nitrogens is 1. The van der Waals surface area contributed by atoms with Crippen molar-refractivity contribution in [1.29, 1.82) is 0 Å². The lowest BCUT2D eigenvalue weighted by Crippen LogP contribution is -2.62. The van der Waals surface area contributed by atoms with Crippen molar-refractivity contribution >= 4 is 5.91 Å². The van der Waals surface area contributed by atoms with E-state index in [9.17, 15) is 4.79 Å². The van der Waals surface area contributed by atoms with Gasteiger partial charge in [-0.05, 0) is 38.3 Å². The van der Waals surface area contributed by atoms with E-state index in [1.807, 2.05) is 25.1 Å². The maximum Gasteiger partial charge on any atom is 0.241 e. The van der Waals surface area contributed by atoms with Crippen molar-refractivity contribution in [1.82, 2.24) is 15.2 Å². The average molecular weight is 345 g/mol. The van der Waals surface area contributed by atoms with Crippen molar-refractivity contribution in [2.24, 2.45) is 0 Å². The number of aryl methyl sites for hydroxylation is 1. The van der Waals surface area contributed by atoms with Crippen LogP contribution in [-0.2, 0) is 9.53 Å². The fourth-order valence-corrected chi connectivity index (χ4v) is 4.25. The molecule has 2 aliphatic rings. The first-order valence-corrected chi connectivity index (χ1v) is 9.73. The van der Waals surface area contributed by atoms with Crippen molar-refractivity contribution in [2.75, 3.05) is 26.3 Å². The zero-order valence-corrected chi connectivity index (χ0v) is 15.6. The maximum atomic E-state index is 13.4. The van der Waals surface area contributed by atoms with Crippen LogP contribution in [0.25, 0.3) is 0 Å². The van der Waals surface area contributed by atoms with Gasteiger partial charge in [0, 0.05) is 18.8 Å². The number of hydrogen-bond acceptors (Lipinski definition) is 4. The predicted molar refractivity (Wildman–Crippen MR) is 98.4 cm³/mol. The Labute approximate surface area is 151 Å². The van der Waals surface area contributed by atoms with Gasteiger partial charge in [-0.2, -0.15) is 0 Å². The Kier molecular flexibility index (Phi) is 6.07. The monoisotopic (exact) mass is 345 g/mol. The lowest BCUT2D eigenvalue weighted by Gasteiger charge is -2.47. The summed E-state index contributed by atoms with van der Waals surface area (Å²) >= 11 is 0. The molecule has 1 unspecified atom stereocenters. The van der Waals surface area contributed by atoms with Crippen LogP contribution in [0.3, 0.4) is 0 Å². The van der Waals surface area contributed by atoms with Crippen molar-refractivity contribution in [3.8, 4) is 0 Å². The van der Waals surface area contributed by atoms with Crippen LogP contribution in [0, 0.1) is 6.92 Å². The van der Waals surface area contributed by atoms with Crippen LogP contribution >= 0.6 is 0 Å². The van der Waals surface area contributed by atoms with E-state index in [2.05, 4.69) is 22.1 Å². The van der Waals surface area contributed by atoms with Gasteiger partial charge in [0.05, 0.1) is 24.9 Å². The lowest BCUT2D eigenvalue weighted by atomic mass is 9.79. The minimum Gasteiger partial charge on any atom is -0.379 e. The number of rotatable bonds is 5. The average Bonchev–Trinajstić information content (AvgIpc) is 2.67. The molecule has 1 aliphatic heterocycles. The van der Waals surface area contributed by atoms with Crippen molar-refractivity contribution < 1.29 is 9.53 Å². The van der Waals surface area contributed by atoms with Crippen LogP contribution in [0.2, 0.25) is 0 Å². The number of carbonyl (C=O) groups excluding carboxylic acids is 1. The van der Waals surface area contributed by atoms with Gasteiger partial charge in [-0.3, -0.25) is 14.7 Å². The first-order valence-electron chi connectivity index (χ1n) is 9.73. The standard InChI is InChI=1S/C20H31N3O2/c1-3-17(18-9-7-8-16(2)21-18)22-19(24)20(10-5-4-6-11-20)23-12-14-25-15-13-23/h7-9,17H,3-6,10-15H2,1-2H3,(H,22,24). The molecule has 0 spiro atoms. The molecular formula is C20H31N3O2. The summed E-state index contributed by atoms with van der Waals surface area (Å²) in [5, 5.41) is 3.33. The van der Waals surface area contributed by atoms with Gasteiger partial charge in [0.25, 0.3) is 0 Å². The second-order valence-corrected chi connectivity index (χ2v) is 7.33. The Morgan fingerprint density at radius 3 is 2.64 bits per heavy atom. The highest BCUT2D eigenvalue weighted by atomic mass is 16.5. The molecule has 138 valence electrons. The number of ether oxygens (including phenoxy) is 1. The summed E-state index contributed by atoms with van der Waals surface area (Å²) in [6, 6.07) is 6.01. The molecule has 5 heteroatoms. The molecule has 2 heterocycles. The summed E-state index contributed by atoms with van der Waals surface area (Å²) in [6.07, 6.45) is 6.25.